The Morgan fingerprint density at radius 1 is 0.492 bits per heavy atom. The molecule has 7 aromatic carbocycles. The van der Waals surface area contributed by atoms with Gasteiger partial charge in [-0.1, -0.05) is 146 Å². The number of hydrogen-bond acceptors (Lipinski definition) is 3. The summed E-state index contributed by atoms with van der Waals surface area (Å²) in [5.74, 6) is 0. The molecule has 0 saturated heterocycles. The fourth-order valence-corrected chi connectivity index (χ4v) is 12.7. The van der Waals surface area contributed by atoms with Gasteiger partial charge in [0.15, 0.2) is 0 Å². The monoisotopic (exact) mass is 877 g/mol. The lowest BCUT2D eigenvalue weighted by molar-refractivity contribution is 0.332. The number of benzene rings is 7. The van der Waals surface area contributed by atoms with Crippen molar-refractivity contribution < 1.29 is 19.2 Å². The zero-order valence-electron chi connectivity index (χ0n) is 52.5. The topological polar surface area (TPSA) is 6.48 Å². The molecule has 322 valence electrons. The van der Waals surface area contributed by atoms with Gasteiger partial charge in [0, 0.05) is 43.3 Å². The summed E-state index contributed by atoms with van der Waals surface area (Å²) < 4.78 is 128. The van der Waals surface area contributed by atoms with Gasteiger partial charge in [-0.05, 0) is 170 Å². The van der Waals surface area contributed by atoms with Crippen LogP contribution in [0.15, 0.2) is 145 Å². The molecule has 12 rings (SSSR count). The van der Waals surface area contributed by atoms with E-state index in [-0.39, 0.29) is 45.0 Å². The predicted molar refractivity (Wildman–Crippen MR) is 282 cm³/mol. The molecular weight excluding hydrogens is 804 g/mol. The summed E-state index contributed by atoms with van der Waals surface area (Å²) in [6, 6.07) is 13.4. The number of rotatable bonds is 4. The van der Waals surface area contributed by atoms with E-state index in [4.69, 9.17) is 13.7 Å². The molecular formula is C61H59BN2S. The minimum atomic E-state index is -0.668. The van der Waals surface area contributed by atoms with Gasteiger partial charge in [-0.25, -0.2) is 0 Å². The largest absolute Gasteiger partial charge is 0.311 e. The van der Waals surface area contributed by atoms with Crippen molar-refractivity contribution in [1.29, 1.82) is 0 Å². The van der Waals surface area contributed by atoms with E-state index >= 15 is 0 Å². The van der Waals surface area contributed by atoms with Crippen molar-refractivity contribution in [2.24, 2.45) is 0 Å². The Morgan fingerprint density at radius 3 is 1.66 bits per heavy atom. The molecule has 0 amide bonds. The summed E-state index contributed by atoms with van der Waals surface area (Å²) in [5.41, 5.74) is 10.2. The van der Waals surface area contributed by atoms with Crippen LogP contribution in [0, 0.1) is 6.92 Å². The van der Waals surface area contributed by atoms with Gasteiger partial charge in [0.25, 0.3) is 6.71 Å². The van der Waals surface area contributed by atoms with Crippen LogP contribution in [0.2, 0.25) is 0 Å². The SMILES string of the molecule is [2H]c1c([2H])c([2H])c(-c2ccc3c(c2)B2c4sc5cc6c(cc5c4N(c4ccc5c(c4)C(C)(C)CCC5(C)C)c4cc(C)cc(c42)N3c2c([2H])c([2H])c(-c3c([2H])c([2H])c([2H])c([2H])c3[2H])c([2H])c2[2H])C(C)(C)CCC6(C)C)c([2H])c1[2H]. The first-order chi connectivity index (χ1) is 36.9. The van der Waals surface area contributed by atoms with Gasteiger partial charge in [-0.3, -0.25) is 0 Å². The van der Waals surface area contributed by atoms with Crippen LogP contribution < -0.4 is 25.5 Å². The summed E-state index contributed by atoms with van der Waals surface area (Å²) in [6.45, 7) is 20.0. The van der Waals surface area contributed by atoms with Crippen LogP contribution >= 0.6 is 11.3 Å². The summed E-state index contributed by atoms with van der Waals surface area (Å²) in [6.07, 6.45) is 4.08. The second-order valence-corrected chi connectivity index (χ2v) is 22.4. The van der Waals surface area contributed by atoms with Crippen molar-refractivity contribution in [1.82, 2.24) is 0 Å². The highest BCUT2D eigenvalue weighted by molar-refractivity contribution is 7.33. The van der Waals surface area contributed by atoms with E-state index in [2.05, 4.69) is 96.7 Å². The second-order valence-electron chi connectivity index (χ2n) is 21.3. The first-order valence-corrected chi connectivity index (χ1v) is 23.6. The molecule has 1 aromatic heterocycles. The fourth-order valence-electron chi connectivity index (χ4n) is 11.4. The number of thiophene rings is 1. The standard InChI is InChI=1S/C61H59BN2S/c1-38-32-52-55-53(33-38)64(44-25-26-46-47(35-44)59(4,5)29-28-58(46,2)3)56-45-36-48-49(61(8,9)31-30-60(48,6)7)37-54(45)65-57(56)62(55)50-34-42(40-18-14-11-15-19-40)22-27-51(50)63(52)43-23-20-41(21-24-43)39-16-12-10-13-17-39/h10-27,32-37H,28-31H2,1-9H3/i10D,11D,12D,13D,14D,15D,16D,17D,18D,19D,20D,21D,23D,24D. The lowest BCUT2D eigenvalue weighted by Crippen LogP contribution is -2.60. The van der Waals surface area contributed by atoms with Gasteiger partial charge >= 0.3 is 0 Å². The normalized spacial score (nSPS) is 21.1. The number of hydrogen-bond donors (Lipinski definition) is 0. The lowest BCUT2D eigenvalue weighted by Gasteiger charge is -2.45. The Hall–Kier alpha value is -5.84. The maximum Gasteiger partial charge on any atom is 0.264 e. The molecule has 0 unspecified atom stereocenters. The number of aryl methyl sites for hydroxylation is 1. The molecule has 4 aliphatic rings. The molecule has 0 spiro atoms. The van der Waals surface area contributed by atoms with Crippen molar-refractivity contribution in [3.63, 3.8) is 0 Å². The summed E-state index contributed by atoms with van der Waals surface area (Å²) in [5, 5.41) is 1.09. The molecule has 0 atom stereocenters. The molecule has 0 bridgehead atoms. The van der Waals surface area contributed by atoms with Gasteiger partial charge in [-0.15, -0.1) is 11.3 Å². The minimum absolute atomic E-state index is 0.00763. The van der Waals surface area contributed by atoms with Crippen LogP contribution in [0.25, 0.3) is 32.3 Å². The smallest absolute Gasteiger partial charge is 0.264 e. The molecule has 3 heterocycles. The van der Waals surface area contributed by atoms with Gasteiger partial charge in [-0.2, -0.15) is 0 Å². The summed E-state index contributed by atoms with van der Waals surface area (Å²) in [7, 11) is 0. The molecule has 2 aliphatic carbocycles. The van der Waals surface area contributed by atoms with Gasteiger partial charge in [0.1, 0.15) is 0 Å². The molecule has 0 radical (unpaired) electrons. The molecule has 8 aromatic rings. The number of nitrogens with zero attached hydrogens (tertiary/aromatic N) is 2. The summed E-state index contributed by atoms with van der Waals surface area (Å²) in [4.78, 5) is 4.11. The highest BCUT2D eigenvalue weighted by atomic mass is 32.1. The Bertz CT molecular complexity index is 4000. The molecule has 4 heteroatoms. The van der Waals surface area contributed by atoms with Crippen LogP contribution in [0.3, 0.4) is 0 Å². The molecule has 65 heavy (non-hydrogen) atoms. The van der Waals surface area contributed by atoms with Crippen LogP contribution in [-0.4, -0.2) is 6.71 Å². The first kappa shape index (κ1) is 28.3. The van der Waals surface area contributed by atoms with Crippen LogP contribution in [0.5, 0.6) is 0 Å². The zero-order chi connectivity index (χ0) is 57.0. The van der Waals surface area contributed by atoms with Gasteiger partial charge in [0.2, 0.25) is 0 Å². The Morgan fingerprint density at radius 2 is 1.03 bits per heavy atom. The molecule has 2 nitrogen and oxygen atoms in total. The maximum absolute atomic E-state index is 9.91. The highest BCUT2D eigenvalue weighted by Gasteiger charge is 2.47. The van der Waals surface area contributed by atoms with E-state index in [1.54, 1.807) is 28.4 Å². The Balaban J connectivity index is 1.23. The third-order valence-electron chi connectivity index (χ3n) is 15.2. The van der Waals surface area contributed by atoms with Crippen molar-refractivity contribution in [2.45, 2.75) is 110 Å². The third kappa shape index (κ3) is 6.19. The molecule has 0 N–H and O–H groups in total. The van der Waals surface area contributed by atoms with Crippen LogP contribution in [0.4, 0.5) is 34.1 Å². The Kier molecular flexibility index (Phi) is 6.12. The average molecular weight is 877 g/mol. The molecule has 0 saturated carbocycles. The fraction of sp³-hybridized carbons (Fsp3) is 0.279. The van der Waals surface area contributed by atoms with Crippen molar-refractivity contribution in [3.05, 3.63) is 173 Å². The van der Waals surface area contributed by atoms with Gasteiger partial charge < -0.3 is 9.80 Å². The number of fused-ring (bicyclic) bond motifs is 8. The predicted octanol–water partition coefficient (Wildman–Crippen LogP) is 15.3. The van der Waals surface area contributed by atoms with E-state index in [0.29, 0.717) is 22.4 Å². The second kappa shape index (κ2) is 14.1. The molecule has 2 aliphatic heterocycles. The van der Waals surface area contributed by atoms with E-state index in [9.17, 15) is 5.48 Å². The van der Waals surface area contributed by atoms with E-state index in [0.717, 1.165) is 68.6 Å². The first-order valence-electron chi connectivity index (χ1n) is 29.8. The average Bonchev–Trinajstić information content (AvgIpc) is 4.07. The molecule has 0 fully saturated rings. The van der Waals surface area contributed by atoms with E-state index < -0.39 is 90.3 Å². The van der Waals surface area contributed by atoms with E-state index in [1.165, 1.54) is 22.3 Å². The number of anilines is 6. The highest BCUT2D eigenvalue weighted by Crippen LogP contribution is 2.54. The van der Waals surface area contributed by atoms with Crippen LogP contribution in [-0.2, 0) is 21.7 Å². The third-order valence-corrected chi connectivity index (χ3v) is 16.5. The quantitative estimate of drug-likeness (QED) is 0.163. The minimum Gasteiger partial charge on any atom is -0.311 e. The van der Waals surface area contributed by atoms with Crippen molar-refractivity contribution >= 4 is 78.0 Å². The van der Waals surface area contributed by atoms with Crippen LogP contribution in [0.1, 0.15) is 128 Å². The van der Waals surface area contributed by atoms with Crippen molar-refractivity contribution in [2.75, 3.05) is 9.80 Å². The van der Waals surface area contributed by atoms with E-state index in [1.807, 2.05) is 19.1 Å². The zero-order valence-corrected chi connectivity index (χ0v) is 39.3. The lowest BCUT2D eigenvalue weighted by atomic mass is 9.36. The Labute approximate surface area is 410 Å². The summed E-state index contributed by atoms with van der Waals surface area (Å²) >= 11 is 1.70. The van der Waals surface area contributed by atoms with Gasteiger partial charge in [0.05, 0.1) is 24.9 Å². The van der Waals surface area contributed by atoms with Crippen molar-refractivity contribution in [3.8, 4) is 22.3 Å². The maximum atomic E-state index is 9.91.